The molecular weight excluding hydrogens is 669 g/mol. The lowest BCUT2D eigenvalue weighted by Crippen LogP contribution is -1.93. The summed E-state index contributed by atoms with van der Waals surface area (Å²) >= 11 is 0. The Balaban J connectivity index is 1.16. The molecular formula is C51H28N4. The number of rotatable bonds is 2. The maximum absolute atomic E-state index is 5.43. The van der Waals surface area contributed by atoms with Crippen LogP contribution in [0.3, 0.4) is 0 Å². The number of benzene rings is 8. The number of fused-ring (bicyclic) bond motifs is 18. The van der Waals surface area contributed by atoms with Gasteiger partial charge in [0.2, 0.25) is 0 Å². The van der Waals surface area contributed by atoms with Crippen molar-refractivity contribution in [3.63, 3.8) is 0 Å². The fourth-order valence-electron chi connectivity index (χ4n) is 10.4. The van der Waals surface area contributed by atoms with Crippen molar-refractivity contribution in [2.24, 2.45) is 0 Å². The predicted molar refractivity (Wildman–Crippen MR) is 231 cm³/mol. The third kappa shape index (κ3) is 3.29. The van der Waals surface area contributed by atoms with Gasteiger partial charge >= 0.3 is 0 Å². The molecule has 0 saturated carbocycles. The zero-order valence-electron chi connectivity index (χ0n) is 29.5. The Kier molecular flexibility index (Phi) is 4.99. The molecule has 8 aromatic carbocycles. The Bertz CT molecular complexity index is 3940. The average molecular weight is 697 g/mol. The van der Waals surface area contributed by atoms with Gasteiger partial charge in [-0.15, -0.1) is 0 Å². The molecule has 0 spiro atoms. The molecule has 0 aliphatic carbocycles. The van der Waals surface area contributed by atoms with Crippen LogP contribution in [0.1, 0.15) is 0 Å². The number of aromatic nitrogens is 4. The molecule has 0 atom stereocenters. The highest BCUT2D eigenvalue weighted by Crippen LogP contribution is 2.49. The second-order valence-electron chi connectivity index (χ2n) is 15.1. The van der Waals surface area contributed by atoms with Gasteiger partial charge in [-0.25, -0.2) is 4.98 Å². The molecule has 4 heteroatoms. The van der Waals surface area contributed by atoms with Crippen molar-refractivity contribution in [2.45, 2.75) is 0 Å². The van der Waals surface area contributed by atoms with Crippen LogP contribution in [-0.2, 0) is 0 Å². The van der Waals surface area contributed by atoms with E-state index in [9.17, 15) is 0 Å². The number of para-hydroxylation sites is 5. The normalized spacial score (nSPS) is 12.7. The highest BCUT2D eigenvalue weighted by molar-refractivity contribution is 6.37. The van der Waals surface area contributed by atoms with E-state index in [2.05, 4.69) is 183 Å². The van der Waals surface area contributed by atoms with Crippen LogP contribution >= 0.6 is 0 Å². The summed E-state index contributed by atoms with van der Waals surface area (Å²) in [6.45, 7) is 0. The first-order valence-electron chi connectivity index (χ1n) is 19.0. The van der Waals surface area contributed by atoms with Crippen LogP contribution < -0.4 is 0 Å². The van der Waals surface area contributed by atoms with E-state index < -0.39 is 0 Å². The van der Waals surface area contributed by atoms with Crippen LogP contribution in [0.4, 0.5) is 0 Å². The van der Waals surface area contributed by atoms with Gasteiger partial charge in [0.25, 0.3) is 0 Å². The van der Waals surface area contributed by atoms with Crippen LogP contribution in [-0.4, -0.2) is 18.4 Å². The van der Waals surface area contributed by atoms with Gasteiger partial charge in [-0.1, -0.05) is 121 Å². The van der Waals surface area contributed by atoms with Crippen LogP contribution in [0.5, 0.6) is 0 Å². The summed E-state index contributed by atoms with van der Waals surface area (Å²) in [5.74, 6) is 0. The molecule has 0 radical (unpaired) electrons. The number of hydrogen-bond acceptors (Lipinski definition) is 1. The van der Waals surface area contributed by atoms with Crippen LogP contribution in [0.2, 0.25) is 0 Å². The average Bonchev–Trinajstić information content (AvgIpc) is 4.04. The molecule has 4 nitrogen and oxygen atoms in total. The third-order valence-corrected chi connectivity index (χ3v) is 12.5. The van der Waals surface area contributed by atoms with Crippen LogP contribution in [0.15, 0.2) is 170 Å². The van der Waals surface area contributed by atoms with Crippen molar-refractivity contribution in [2.75, 3.05) is 0 Å². The summed E-state index contributed by atoms with van der Waals surface area (Å²) in [4.78, 5) is 5.43. The summed E-state index contributed by atoms with van der Waals surface area (Å²) < 4.78 is 7.32. The molecule has 0 bridgehead atoms. The topological polar surface area (TPSA) is 26.6 Å². The molecule has 0 aliphatic rings. The van der Waals surface area contributed by atoms with Gasteiger partial charge in [0.15, 0.2) is 0 Å². The molecule has 0 saturated heterocycles. The summed E-state index contributed by atoms with van der Waals surface area (Å²) in [5.41, 5.74) is 13.1. The molecule has 14 rings (SSSR count). The van der Waals surface area contributed by atoms with E-state index in [4.69, 9.17) is 4.98 Å². The van der Waals surface area contributed by atoms with Crippen molar-refractivity contribution in [1.29, 1.82) is 0 Å². The van der Waals surface area contributed by atoms with Crippen LogP contribution in [0, 0.1) is 0 Å². The van der Waals surface area contributed by atoms with E-state index in [1.807, 2.05) is 0 Å². The lowest BCUT2D eigenvalue weighted by molar-refractivity contribution is 1.18. The van der Waals surface area contributed by atoms with Crippen molar-refractivity contribution >= 4 is 109 Å². The Morgan fingerprint density at radius 3 is 1.82 bits per heavy atom. The summed E-state index contributed by atoms with van der Waals surface area (Å²) in [5, 5.41) is 15.1. The Morgan fingerprint density at radius 1 is 0.364 bits per heavy atom. The highest BCUT2D eigenvalue weighted by atomic mass is 15.0. The summed E-state index contributed by atoms with van der Waals surface area (Å²) in [7, 11) is 0. The van der Waals surface area contributed by atoms with Crippen molar-refractivity contribution in [3.8, 4) is 16.8 Å². The fourth-order valence-corrected chi connectivity index (χ4v) is 10.4. The van der Waals surface area contributed by atoms with E-state index in [0.29, 0.717) is 0 Å². The molecule has 14 aromatic rings. The molecule has 0 aliphatic heterocycles. The highest BCUT2D eigenvalue weighted by Gasteiger charge is 2.27. The van der Waals surface area contributed by atoms with Gasteiger partial charge in [0, 0.05) is 65.1 Å². The second-order valence-corrected chi connectivity index (χ2v) is 15.1. The summed E-state index contributed by atoms with van der Waals surface area (Å²) in [6.07, 6.45) is 2.12. The van der Waals surface area contributed by atoms with Gasteiger partial charge in [-0.2, -0.15) is 0 Å². The largest absolute Gasteiger partial charge is 0.309 e. The minimum atomic E-state index is 1.00. The minimum absolute atomic E-state index is 1.00. The number of hydrogen-bond donors (Lipinski definition) is 0. The molecule has 0 unspecified atom stereocenters. The van der Waals surface area contributed by atoms with Gasteiger partial charge in [0.05, 0.1) is 44.8 Å². The second kappa shape index (κ2) is 9.75. The summed E-state index contributed by atoms with van der Waals surface area (Å²) in [6, 6.07) is 60.2. The lowest BCUT2D eigenvalue weighted by atomic mass is 9.94. The fraction of sp³-hybridized carbons (Fsp3) is 0. The smallest absolute Gasteiger partial charge is 0.146 e. The first-order valence-corrected chi connectivity index (χ1v) is 19.0. The first-order chi connectivity index (χ1) is 27.3. The van der Waals surface area contributed by atoms with Crippen molar-refractivity contribution < 1.29 is 0 Å². The molecule has 55 heavy (non-hydrogen) atoms. The number of nitrogens with zero attached hydrogens (tertiary/aromatic N) is 4. The first kappa shape index (κ1) is 28.1. The number of pyridine rings is 1. The van der Waals surface area contributed by atoms with E-state index >= 15 is 0 Å². The van der Waals surface area contributed by atoms with E-state index in [0.717, 1.165) is 11.2 Å². The predicted octanol–water partition coefficient (Wildman–Crippen LogP) is 13.3. The standard InChI is InChI=1S/C51H28N4/c1-2-13-31(14-3-1)53-41-22-8-7-17-34(41)40-27-30(24-25-43(40)53)39-26-29-12-4-5-15-32(29)45-36-19-11-21-38-47-46-37-20-10-18-35-33-16-6-9-23-42(33)54(48(35)37)44(46)28-52-51(47)55(49(36)38)50(39)45/h1-28H. The maximum Gasteiger partial charge on any atom is 0.146 e. The zero-order chi connectivity index (χ0) is 35.5. The molecule has 0 N–H and O–H groups in total. The molecule has 6 aromatic heterocycles. The van der Waals surface area contributed by atoms with Gasteiger partial charge < -0.3 is 8.97 Å². The van der Waals surface area contributed by atoms with E-state index in [1.165, 1.54) is 115 Å². The molecule has 0 fully saturated rings. The molecule has 6 heterocycles. The van der Waals surface area contributed by atoms with Gasteiger partial charge in [-0.05, 0) is 58.8 Å². The maximum atomic E-state index is 5.43. The molecule has 252 valence electrons. The van der Waals surface area contributed by atoms with E-state index in [-0.39, 0.29) is 0 Å². The Morgan fingerprint density at radius 2 is 0.982 bits per heavy atom. The third-order valence-electron chi connectivity index (χ3n) is 12.5. The SMILES string of the molecule is c1ccc(-n2c3ccccc3c3cc(-c4cc5ccccc5c5c6cccc7c8c9c%10cccc%11c%12ccccc%12n(c9cnc8n(c45)c76)c%11%10)ccc32)cc1. The van der Waals surface area contributed by atoms with Crippen molar-refractivity contribution in [3.05, 3.63) is 170 Å². The quantitative estimate of drug-likeness (QED) is 0.177. The van der Waals surface area contributed by atoms with Crippen LogP contribution in [0.25, 0.3) is 126 Å². The monoisotopic (exact) mass is 696 g/mol. The van der Waals surface area contributed by atoms with Gasteiger partial charge in [-0.3, -0.25) is 4.40 Å². The Labute approximate surface area is 313 Å². The lowest BCUT2D eigenvalue weighted by Gasteiger charge is -2.11. The molecule has 0 amide bonds. The Hall–Kier alpha value is -7.43. The van der Waals surface area contributed by atoms with Gasteiger partial charge in [0.1, 0.15) is 5.65 Å². The van der Waals surface area contributed by atoms with E-state index in [1.54, 1.807) is 0 Å². The van der Waals surface area contributed by atoms with Crippen molar-refractivity contribution in [1.82, 2.24) is 18.4 Å². The minimum Gasteiger partial charge on any atom is -0.309 e. The zero-order valence-corrected chi connectivity index (χ0v) is 29.5.